The molecule has 3 rings (SSSR count). The molecule has 0 aromatic heterocycles. The van der Waals surface area contributed by atoms with E-state index in [0.717, 1.165) is 5.69 Å². The molecule has 24 heavy (non-hydrogen) atoms. The van der Waals surface area contributed by atoms with Crippen molar-refractivity contribution in [1.29, 1.82) is 0 Å². The number of rotatable bonds is 4. The van der Waals surface area contributed by atoms with Crippen LogP contribution in [-0.4, -0.2) is 18.4 Å². The highest BCUT2D eigenvalue weighted by Gasteiger charge is 2.37. The molecule has 1 fully saturated rings. The lowest BCUT2D eigenvalue weighted by Crippen LogP contribution is -2.36. The molecule has 1 N–H and O–H groups in total. The predicted octanol–water partition coefficient (Wildman–Crippen LogP) is 3.15. The van der Waals surface area contributed by atoms with Gasteiger partial charge in [-0.25, -0.2) is 4.39 Å². The molecule has 2 aromatic carbocycles. The van der Waals surface area contributed by atoms with Crippen LogP contribution in [-0.2, 0) is 16.1 Å². The fraction of sp³-hybridized carbons (Fsp3) is 0.222. The summed E-state index contributed by atoms with van der Waals surface area (Å²) in [7, 11) is 0. The molecule has 2 amide bonds. The van der Waals surface area contributed by atoms with Crippen LogP contribution >= 0.6 is 11.6 Å². The minimum atomic E-state index is -0.714. The molecule has 0 radical (unpaired) electrons. The van der Waals surface area contributed by atoms with E-state index in [9.17, 15) is 14.0 Å². The minimum Gasteiger partial charge on any atom is -0.351 e. The summed E-state index contributed by atoms with van der Waals surface area (Å²) in [6.07, 6.45) is 0.462. The first-order valence-corrected chi connectivity index (χ1v) is 8.01. The normalized spacial score (nSPS) is 17.2. The van der Waals surface area contributed by atoms with Crippen LogP contribution in [0.2, 0.25) is 5.02 Å². The van der Waals surface area contributed by atoms with Crippen molar-refractivity contribution in [3.05, 3.63) is 64.9 Å². The molecule has 1 aliphatic heterocycles. The van der Waals surface area contributed by atoms with Crippen molar-refractivity contribution >= 4 is 29.1 Å². The fourth-order valence-electron chi connectivity index (χ4n) is 2.81. The highest BCUT2D eigenvalue weighted by Crippen LogP contribution is 2.25. The van der Waals surface area contributed by atoms with Gasteiger partial charge >= 0.3 is 0 Å². The lowest BCUT2D eigenvalue weighted by molar-refractivity contribution is -0.132. The van der Waals surface area contributed by atoms with Crippen LogP contribution in [0.4, 0.5) is 10.1 Å². The summed E-state index contributed by atoms with van der Waals surface area (Å²) in [4.78, 5) is 26.4. The molecule has 1 saturated heterocycles. The topological polar surface area (TPSA) is 49.4 Å². The molecule has 0 saturated carbocycles. The number of hydrogen-bond acceptors (Lipinski definition) is 2. The van der Waals surface area contributed by atoms with Crippen molar-refractivity contribution in [1.82, 2.24) is 5.32 Å². The summed E-state index contributed by atoms with van der Waals surface area (Å²) in [6, 6.07) is 13.3. The Morgan fingerprint density at radius 3 is 2.71 bits per heavy atom. The van der Waals surface area contributed by atoms with Gasteiger partial charge in [0.15, 0.2) is 0 Å². The predicted molar refractivity (Wildman–Crippen MR) is 90.2 cm³/mol. The number of carbonyl (C=O) groups excluding carboxylic acids is 2. The summed E-state index contributed by atoms with van der Waals surface area (Å²) >= 11 is 5.79. The van der Waals surface area contributed by atoms with Crippen molar-refractivity contribution in [3.63, 3.8) is 0 Å². The molecule has 1 unspecified atom stereocenters. The Labute approximate surface area is 144 Å². The molecule has 0 bridgehead atoms. The average molecular weight is 347 g/mol. The Morgan fingerprint density at radius 2 is 2.00 bits per heavy atom. The zero-order valence-corrected chi connectivity index (χ0v) is 13.6. The number of benzene rings is 2. The number of halogens is 2. The van der Waals surface area contributed by atoms with Crippen LogP contribution in [0.15, 0.2) is 48.5 Å². The maximum absolute atomic E-state index is 13.3. The quantitative estimate of drug-likeness (QED) is 0.865. The Balaban J connectivity index is 1.63. The maximum Gasteiger partial charge on any atom is 0.239 e. The van der Waals surface area contributed by atoms with E-state index < -0.39 is 11.7 Å². The van der Waals surface area contributed by atoms with E-state index >= 15 is 0 Å². The first-order valence-electron chi connectivity index (χ1n) is 7.64. The van der Waals surface area contributed by atoms with Crippen LogP contribution in [0.25, 0.3) is 0 Å². The van der Waals surface area contributed by atoms with Gasteiger partial charge in [-0.2, -0.15) is 0 Å². The first-order chi connectivity index (χ1) is 11.5. The van der Waals surface area contributed by atoms with E-state index in [1.165, 1.54) is 12.1 Å². The van der Waals surface area contributed by atoms with Gasteiger partial charge in [0.2, 0.25) is 11.8 Å². The summed E-state index contributed by atoms with van der Waals surface area (Å²) in [5.41, 5.74) is 1.34. The van der Waals surface area contributed by atoms with Crippen molar-refractivity contribution in [3.8, 4) is 0 Å². The smallest absolute Gasteiger partial charge is 0.239 e. The molecule has 0 aliphatic carbocycles. The van der Waals surface area contributed by atoms with Gasteiger partial charge in [-0.15, -0.1) is 0 Å². The summed E-state index contributed by atoms with van der Waals surface area (Å²) in [6.45, 7) is 0.637. The fourth-order valence-corrected chi connectivity index (χ4v) is 3.06. The van der Waals surface area contributed by atoms with E-state index in [4.69, 9.17) is 11.6 Å². The Kier molecular flexibility index (Phi) is 4.81. The molecule has 4 nitrogen and oxygen atoms in total. The monoisotopic (exact) mass is 346 g/mol. The molecule has 2 aromatic rings. The third kappa shape index (κ3) is 3.57. The molecule has 1 aliphatic rings. The zero-order valence-electron chi connectivity index (χ0n) is 12.8. The molecule has 124 valence electrons. The second-order valence-electron chi connectivity index (χ2n) is 5.66. The standard InChI is InChI=1S/C18H16ClFN2O2/c19-13-8-12(9-14(20)10-13)11-21-17(23)16-6-7-22(18(16)24)15-4-2-1-3-5-15/h1-5,8-10,16H,6-7,11H2,(H,21,23). The van der Waals surface area contributed by atoms with Gasteiger partial charge in [-0.05, 0) is 42.3 Å². The number of hydrogen-bond donors (Lipinski definition) is 1. The number of nitrogens with one attached hydrogen (secondary N) is 1. The lowest BCUT2D eigenvalue weighted by atomic mass is 10.1. The average Bonchev–Trinajstić information content (AvgIpc) is 2.94. The van der Waals surface area contributed by atoms with Gasteiger partial charge in [-0.3, -0.25) is 9.59 Å². The maximum atomic E-state index is 13.3. The van der Waals surface area contributed by atoms with Gasteiger partial charge in [0, 0.05) is 23.8 Å². The van der Waals surface area contributed by atoms with Crippen molar-refractivity contribution in [2.24, 2.45) is 5.92 Å². The van der Waals surface area contributed by atoms with Gasteiger partial charge in [0.05, 0.1) is 0 Å². The van der Waals surface area contributed by atoms with Gasteiger partial charge in [0.1, 0.15) is 11.7 Å². The number of para-hydroxylation sites is 1. The number of amides is 2. The van der Waals surface area contributed by atoms with E-state index in [1.54, 1.807) is 11.0 Å². The third-order valence-electron chi connectivity index (χ3n) is 3.98. The largest absolute Gasteiger partial charge is 0.351 e. The first kappa shape index (κ1) is 16.5. The van der Waals surface area contributed by atoms with E-state index in [0.29, 0.717) is 18.5 Å². The Bertz CT molecular complexity index is 747. The van der Waals surface area contributed by atoms with E-state index in [-0.39, 0.29) is 23.4 Å². The van der Waals surface area contributed by atoms with Crippen LogP contribution in [0.1, 0.15) is 12.0 Å². The molecule has 1 heterocycles. The molecular formula is C18H16ClFN2O2. The molecule has 1 atom stereocenters. The second kappa shape index (κ2) is 7.01. The highest BCUT2D eigenvalue weighted by molar-refractivity contribution is 6.30. The van der Waals surface area contributed by atoms with E-state index in [2.05, 4.69) is 5.32 Å². The lowest BCUT2D eigenvalue weighted by Gasteiger charge is -2.16. The number of nitrogens with zero attached hydrogens (tertiary/aromatic N) is 1. The number of anilines is 1. The summed E-state index contributed by atoms with van der Waals surface area (Å²) in [5, 5.41) is 2.96. The molecular weight excluding hydrogens is 331 g/mol. The van der Waals surface area contributed by atoms with E-state index in [1.807, 2.05) is 30.3 Å². The number of carbonyl (C=O) groups is 2. The zero-order chi connectivity index (χ0) is 17.1. The molecule has 6 heteroatoms. The highest BCUT2D eigenvalue weighted by atomic mass is 35.5. The van der Waals surface area contributed by atoms with Crippen molar-refractivity contribution in [2.45, 2.75) is 13.0 Å². The second-order valence-corrected chi connectivity index (χ2v) is 6.10. The third-order valence-corrected chi connectivity index (χ3v) is 4.20. The van der Waals surface area contributed by atoms with Crippen LogP contribution in [0.3, 0.4) is 0 Å². The SMILES string of the molecule is O=C(NCc1cc(F)cc(Cl)c1)C1CCN(c2ccccc2)C1=O. The van der Waals surface area contributed by atoms with Crippen molar-refractivity contribution in [2.75, 3.05) is 11.4 Å². The van der Waals surface area contributed by atoms with Gasteiger partial charge < -0.3 is 10.2 Å². The van der Waals surface area contributed by atoms with Crippen LogP contribution in [0, 0.1) is 11.7 Å². The van der Waals surface area contributed by atoms with Crippen LogP contribution < -0.4 is 10.2 Å². The Morgan fingerprint density at radius 1 is 1.25 bits per heavy atom. The summed E-state index contributed by atoms with van der Waals surface area (Å²) < 4.78 is 13.3. The summed E-state index contributed by atoms with van der Waals surface area (Å²) in [5.74, 6) is -1.73. The molecule has 0 spiro atoms. The minimum absolute atomic E-state index is 0.130. The van der Waals surface area contributed by atoms with Crippen molar-refractivity contribution < 1.29 is 14.0 Å². The Hall–Kier alpha value is -2.40. The van der Waals surface area contributed by atoms with Crippen LogP contribution in [0.5, 0.6) is 0 Å². The van der Waals surface area contributed by atoms with Gasteiger partial charge in [-0.1, -0.05) is 29.8 Å². The van der Waals surface area contributed by atoms with Gasteiger partial charge in [0.25, 0.3) is 0 Å².